The number of amides is 1. The number of anilines is 2. The summed E-state index contributed by atoms with van der Waals surface area (Å²) in [7, 11) is 0. The predicted molar refractivity (Wildman–Crippen MR) is 171 cm³/mol. The summed E-state index contributed by atoms with van der Waals surface area (Å²) >= 11 is 1.68. The molecule has 0 radical (unpaired) electrons. The fourth-order valence-electron chi connectivity index (χ4n) is 8.83. The van der Waals surface area contributed by atoms with Crippen molar-refractivity contribution in [3.8, 4) is 10.4 Å². The Hall–Kier alpha value is -2.67. The Labute approximate surface area is 248 Å². The molecule has 2 spiro atoms. The van der Waals surface area contributed by atoms with Gasteiger partial charge in [-0.3, -0.25) is 4.79 Å². The van der Waals surface area contributed by atoms with Crippen LogP contribution >= 0.6 is 11.3 Å². The molecule has 1 aromatic heterocycles. The van der Waals surface area contributed by atoms with Gasteiger partial charge in [-0.25, -0.2) is 0 Å². The number of nitrogen functional groups attached to an aromatic ring is 1. The zero-order valence-electron chi connectivity index (χ0n) is 24.1. The third kappa shape index (κ3) is 5.13. The summed E-state index contributed by atoms with van der Waals surface area (Å²) in [6, 6.07) is 18.6. The highest BCUT2D eigenvalue weighted by Crippen LogP contribution is 2.55. The van der Waals surface area contributed by atoms with Crippen LogP contribution in [0, 0.1) is 5.92 Å². The summed E-state index contributed by atoms with van der Waals surface area (Å²) in [5.41, 5.74) is 11.7. The lowest BCUT2D eigenvalue weighted by Crippen LogP contribution is -2.52. The van der Waals surface area contributed by atoms with Crippen molar-refractivity contribution in [1.29, 1.82) is 0 Å². The van der Waals surface area contributed by atoms with Crippen molar-refractivity contribution in [2.75, 3.05) is 24.1 Å². The van der Waals surface area contributed by atoms with Crippen molar-refractivity contribution in [3.05, 3.63) is 71.1 Å². The second kappa shape index (κ2) is 10.9. The lowest BCUT2D eigenvalue weighted by molar-refractivity contribution is 0.0792. The van der Waals surface area contributed by atoms with E-state index in [2.05, 4.69) is 39.5 Å². The molecule has 6 heteroatoms. The fourth-order valence-corrected chi connectivity index (χ4v) is 9.55. The van der Waals surface area contributed by atoms with Gasteiger partial charge in [-0.05, 0) is 148 Å². The predicted octanol–water partition coefficient (Wildman–Crippen LogP) is 7.50. The van der Waals surface area contributed by atoms with E-state index >= 15 is 0 Å². The van der Waals surface area contributed by atoms with Crippen molar-refractivity contribution in [2.45, 2.75) is 93.5 Å². The summed E-state index contributed by atoms with van der Waals surface area (Å²) in [6.07, 6.45) is 15.6. The van der Waals surface area contributed by atoms with Gasteiger partial charge >= 0.3 is 0 Å². The summed E-state index contributed by atoms with van der Waals surface area (Å²) in [5.74, 6) is 0.610. The Morgan fingerprint density at radius 2 is 1.51 bits per heavy atom. The first-order valence-corrected chi connectivity index (χ1v) is 16.7. The third-order valence-electron chi connectivity index (χ3n) is 11.3. The third-order valence-corrected chi connectivity index (χ3v) is 12.2. The molecule has 3 heterocycles. The minimum Gasteiger partial charge on any atom is -0.397 e. The van der Waals surface area contributed by atoms with Gasteiger partial charge in [0.15, 0.2) is 0 Å². The molecule has 1 amide bonds. The standard InChI is InChI=1S/C35H44N4OS/c36-29-10-7-26(31-4-1-23-41-31)24-30(29)39-32(40)25-5-8-27(9-6-25)35(19-17-34(18-20-35)14-3-22-38-34)28-11-15-33(16-12-28)13-2-21-37-33/h1,4-10,23-24,28,37-38H,2-3,11-22,36H2,(H,39,40). The van der Waals surface area contributed by atoms with E-state index in [9.17, 15) is 4.79 Å². The first kappa shape index (κ1) is 27.2. The molecule has 0 bridgehead atoms. The van der Waals surface area contributed by atoms with Crippen molar-refractivity contribution < 1.29 is 4.79 Å². The van der Waals surface area contributed by atoms with Crippen LogP contribution in [0.15, 0.2) is 60.0 Å². The first-order valence-electron chi connectivity index (χ1n) is 15.8. The zero-order valence-corrected chi connectivity index (χ0v) is 25.0. The molecule has 216 valence electrons. The minimum atomic E-state index is -0.106. The van der Waals surface area contributed by atoms with E-state index in [1.165, 1.54) is 95.7 Å². The van der Waals surface area contributed by atoms with Crippen LogP contribution < -0.4 is 21.7 Å². The number of nitrogens with one attached hydrogen (secondary N) is 3. The number of nitrogens with two attached hydrogens (primary N) is 1. The molecule has 0 atom stereocenters. The highest BCUT2D eigenvalue weighted by molar-refractivity contribution is 7.13. The number of carbonyl (C=O) groups excluding carboxylic acids is 1. The monoisotopic (exact) mass is 568 g/mol. The maximum absolute atomic E-state index is 13.4. The molecule has 5 nitrogen and oxygen atoms in total. The lowest BCUT2D eigenvalue weighted by Gasteiger charge is -2.52. The highest BCUT2D eigenvalue weighted by Gasteiger charge is 2.50. The van der Waals surface area contributed by atoms with Crippen molar-refractivity contribution in [2.24, 2.45) is 5.92 Å². The van der Waals surface area contributed by atoms with Crippen molar-refractivity contribution in [3.63, 3.8) is 0 Å². The molecule has 41 heavy (non-hydrogen) atoms. The Morgan fingerprint density at radius 1 is 0.829 bits per heavy atom. The van der Waals surface area contributed by atoms with E-state index in [1.807, 2.05) is 36.4 Å². The molecular weight excluding hydrogens is 524 g/mol. The molecule has 2 saturated carbocycles. The molecule has 7 rings (SSSR count). The van der Waals surface area contributed by atoms with Gasteiger partial charge in [-0.15, -0.1) is 11.3 Å². The van der Waals surface area contributed by atoms with Gasteiger partial charge in [0, 0.05) is 21.5 Å². The average Bonchev–Trinajstić information content (AvgIpc) is 3.80. The number of rotatable bonds is 5. The number of carbonyl (C=O) groups is 1. The van der Waals surface area contributed by atoms with Crippen LogP contribution in [-0.2, 0) is 5.41 Å². The van der Waals surface area contributed by atoms with Gasteiger partial charge in [-0.2, -0.15) is 0 Å². The number of hydrogen-bond acceptors (Lipinski definition) is 5. The summed E-state index contributed by atoms with van der Waals surface area (Å²) < 4.78 is 0. The largest absolute Gasteiger partial charge is 0.397 e. The van der Waals surface area contributed by atoms with E-state index in [0.29, 0.717) is 33.9 Å². The highest BCUT2D eigenvalue weighted by atomic mass is 32.1. The van der Waals surface area contributed by atoms with Gasteiger partial charge in [0.25, 0.3) is 5.91 Å². The topological polar surface area (TPSA) is 79.2 Å². The maximum atomic E-state index is 13.4. The van der Waals surface area contributed by atoms with Crippen LogP contribution in [0.25, 0.3) is 10.4 Å². The van der Waals surface area contributed by atoms with Gasteiger partial charge in [0.2, 0.25) is 0 Å². The summed E-state index contributed by atoms with van der Waals surface area (Å²) in [5, 5.41) is 12.9. The number of thiophene rings is 1. The molecular formula is C35H44N4OS. The van der Waals surface area contributed by atoms with Gasteiger partial charge < -0.3 is 21.7 Å². The second-order valence-electron chi connectivity index (χ2n) is 13.4. The van der Waals surface area contributed by atoms with E-state index in [1.54, 1.807) is 11.3 Å². The van der Waals surface area contributed by atoms with Crippen molar-refractivity contribution >= 4 is 28.6 Å². The Morgan fingerprint density at radius 3 is 2.12 bits per heavy atom. The molecule has 2 aliphatic carbocycles. The lowest BCUT2D eigenvalue weighted by atomic mass is 9.54. The fraction of sp³-hybridized carbons (Fsp3) is 0.514. The molecule has 4 aliphatic rings. The number of hydrogen-bond donors (Lipinski definition) is 4. The van der Waals surface area contributed by atoms with E-state index in [0.717, 1.165) is 10.4 Å². The minimum absolute atomic E-state index is 0.106. The van der Waals surface area contributed by atoms with E-state index in [-0.39, 0.29) is 11.3 Å². The molecule has 3 aromatic rings. The van der Waals surface area contributed by atoms with Gasteiger partial charge in [0.05, 0.1) is 11.4 Å². The Balaban J connectivity index is 1.11. The van der Waals surface area contributed by atoms with Crippen LogP contribution in [-0.4, -0.2) is 30.1 Å². The average molecular weight is 569 g/mol. The molecule has 2 saturated heterocycles. The van der Waals surface area contributed by atoms with E-state index < -0.39 is 0 Å². The first-order chi connectivity index (χ1) is 20.0. The van der Waals surface area contributed by atoms with Crippen LogP contribution in [0.1, 0.15) is 93.0 Å². The molecule has 2 aromatic carbocycles. The zero-order chi connectivity index (χ0) is 27.9. The molecule has 4 fully saturated rings. The van der Waals surface area contributed by atoms with Crippen molar-refractivity contribution in [1.82, 2.24) is 10.6 Å². The van der Waals surface area contributed by atoms with Crippen LogP contribution in [0.4, 0.5) is 11.4 Å². The summed E-state index contributed by atoms with van der Waals surface area (Å²) in [6.45, 7) is 2.37. The Kier molecular flexibility index (Phi) is 7.21. The molecule has 5 N–H and O–H groups in total. The molecule has 0 unspecified atom stereocenters. The normalized spacial score (nSPS) is 31.6. The quantitative estimate of drug-likeness (QED) is 0.240. The van der Waals surface area contributed by atoms with E-state index in [4.69, 9.17) is 5.73 Å². The van der Waals surface area contributed by atoms with Crippen LogP contribution in [0.3, 0.4) is 0 Å². The van der Waals surface area contributed by atoms with Crippen LogP contribution in [0.5, 0.6) is 0 Å². The second-order valence-corrected chi connectivity index (χ2v) is 14.3. The molecule has 2 aliphatic heterocycles. The van der Waals surface area contributed by atoms with Gasteiger partial charge in [-0.1, -0.05) is 24.3 Å². The summed E-state index contributed by atoms with van der Waals surface area (Å²) in [4.78, 5) is 14.5. The number of benzene rings is 2. The maximum Gasteiger partial charge on any atom is 0.255 e. The van der Waals surface area contributed by atoms with Gasteiger partial charge in [0.1, 0.15) is 0 Å². The SMILES string of the molecule is Nc1ccc(-c2cccs2)cc1NC(=O)c1ccc(C2(C3CCC4(CCCN4)CC3)CCC3(CCCN3)CC2)cc1. The Bertz CT molecular complexity index is 1350. The smallest absolute Gasteiger partial charge is 0.255 e. The van der Waals surface area contributed by atoms with Crippen LogP contribution in [0.2, 0.25) is 0 Å².